The minimum Gasteiger partial charge on any atom is -0.450 e. The highest BCUT2D eigenvalue weighted by Gasteiger charge is 2.64. The van der Waals surface area contributed by atoms with E-state index in [4.69, 9.17) is 9.47 Å². The topological polar surface area (TPSA) is 62.3 Å². The summed E-state index contributed by atoms with van der Waals surface area (Å²) in [5, 5.41) is 0. The van der Waals surface area contributed by atoms with Crippen LogP contribution in [-0.2, 0) is 14.3 Å². The molecule has 6 fully saturated rings. The van der Waals surface area contributed by atoms with E-state index in [-0.39, 0.29) is 23.7 Å². The molecule has 2 bridgehead atoms. The van der Waals surface area contributed by atoms with Crippen molar-refractivity contribution in [2.75, 3.05) is 39.5 Å². The molecule has 2 saturated carbocycles. The van der Waals surface area contributed by atoms with E-state index in [2.05, 4.69) is 9.80 Å². The van der Waals surface area contributed by atoms with Crippen LogP contribution in [-0.4, -0.2) is 89.8 Å². The summed E-state index contributed by atoms with van der Waals surface area (Å²) in [6.45, 7) is 6.63. The molecule has 29 heavy (non-hydrogen) atoms. The number of carbonyl (C=O) groups excluding carboxylic acids is 2. The SMILES string of the molecule is CCOC(=O)N1C2COCC1CC(N1C[C@@H]3C(C(=O)N4CCC45CCC5)[C@@H]3C1)C2. The highest BCUT2D eigenvalue weighted by atomic mass is 16.6. The molecule has 160 valence electrons. The summed E-state index contributed by atoms with van der Waals surface area (Å²) in [6, 6.07) is 0.756. The summed E-state index contributed by atoms with van der Waals surface area (Å²) < 4.78 is 11.0. The van der Waals surface area contributed by atoms with E-state index in [9.17, 15) is 9.59 Å². The van der Waals surface area contributed by atoms with Crippen molar-refractivity contribution in [1.82, 2.24) is 14.7 Å². The van der Waals surface area contributed by atoms with Crippen LogP contribution >= 0.6 is 0 Å². The first-order valence-corrected chi connectivity index (χ1v) is 11.7. The van der Waals surface area contributed by atoms with E-state index < -0.39 is 0 Å². The van der Waals surface area contributed by atoms with E-state index in [0.717, 1.165) is 32.5 Å². The zero-order valence-corrected chi connectivity index (χ0v) is 17.4. The van der Waals surface area contributed by atoms with Crippen molar-refractivity contribution in [1.29, 1.82) is 0 Å². The zero-order valence-electron chi connectivity index (χ0n) is 17.4. The van der Waals surface area contributed by atoms with Crippen LogP contribution < -0.4 is 0 Å². The van der Waals surface area contributed by atoms with Gasteiger partial charge in [0.2, 0.25) is 5.91 Å². The highest BCUT2D eigenvalue weighted by molar-refractivity contribution is 5.84. The van der Waals surface area contributed by atoms with Crippen LogP contribution in [0.4, 0.5) is 4.79 Å². The zero-order chi connectivity index (χ0) is 19.8. The summed E-state index contributed by atoms with van der Waals surface area (Å²) >= 11 is 0. The maximum absolute atomic E-state index is 13.1. The van der Waals surface area contributed by atoms with Crippen LogP contribution in [0.3, 0.4) is 0 Å². The molecule has 5 atom stereocenters. The number of rotatable bonds is 3. The first kappa shape index (κ1) is 18.4. The molecule has 7 heteroatoms. The molecule has 3 unspecified atom stereocenters. The number of hydrogen-bond donors (Lipinski definition) is 0. The number of carbonyl (C=O) groups is 2. The molecule has 1 spiro atoms. The van der Waals surface area contributed by atoms with E-state index in [1.165, 1.54) is 25.7 Å². The molecular formula is C22H33N3O4. The first-order chi connectivity index (χ1) is 14.1. The molecule has 0 aromatic rings. The Morgan fingerprint density at radius 2 is 1.72 bits per heavy atom. The van der Waals surface area contributed by atoms with Gasteiger partial charge in [-0.25, -0.2) is 4.79 Å². The van der Waals surface area contributed by atoms with Gasteiger partial charge in [-0.2, -0.15) is 0 Å². The molecular weight excluding hydrogens is 370 g/mol. The van der Waals surface area contributed by atoms with Crippen LogP contribution in [0.5, 0.6) is 0 Å². The summed E-state index contributed by atoms with van der Waals surface area (Å²) in [7, 11) is 0. The molecule has 2 aliphatic carbocycles. The van der Waals surface area contributed by atoms with Gasteiger partial charge in [0.1, 0.15) is 0 Å². The summed E-state index contributed by atoms with van der Waals surface area (Å²) in [5.74, 6) is 1.90. The molecule has 0 aromatic heterocycles. The van der Waals surface area contributed by atoms with Gasteiger partial charge in [0.25, 0.3) is 0 Å². The summed E-state index contributed by atoms with van der Waals surface area (Å²) in [4.78, 5) is 32.2. The number of ether oxygens (including phenoxy) is 2. The predicted molar refractivity (Wildman–Crippen MR) is 105 cm³/mol. The third kappa shape index (κ3) is 2.69. The van der Waals surface area contributed by atoms with Crippen molar-refractivity contribution in [2.45, 2.75) is 69.1 Å². The van der Waals surface area contributed by atoms with Crippen molar-refractivity contribution in [2.24, 2.45) is 17.8 Å². The van der Waals surface area contributed by atoms with Gasteiger partial charge in [-0.15, -0.1) is 0 Å². The van der Waals surface area contributed by atoms with Crippen LogP contribution in [0.15, 0.2) is 0 Å². The minimum atomic E-state index is -0.182. The fraction of sp³-hybridized carbons (Fsp3) is 0.909. The molecule has 2 amide bonds. The Bertz CT molecular complexity index is 679. The van der Waals surface area contributed by atoms with E-state index >= 15 is 0 Å². The standard InChI is InChI=1S/C22H33N3O4/c1-2-29-21(27)25-15-8-14(9-16(25)13-28-12-15)23-10-17-18(11-23)19(17)20(26)24-7-6-22(24)4-3-5-22/h14-19H,2-13H2,1H3/t14?,15?,16?,17-,18+,19?. The van der Waals surface area contributed by atoms with Gasteiger partial charge in [-0.05, 0) is 57.3 Å². The second-order valence-electron chi connectivity index (χ2n) is 10.2. The lowest BCUT2D eigenvalue weighted by molar-refractivity contribution is -0.158. The predicted octanol–water partition coefficient (Wildman–Crippen LogP) is 1.71. The molecule has 7 nitrogen and oxygen atoms in total. The smallest absolute Gasteiger partial charge is 0.410 e. The first-order valence-electron chi connectivity index (χ1n) is 11.7. The average molecular weight is 404 g/mol. The Hall–Kier alpha value is -1.34. The number of morpholine rings is 1. The average Bonchev–Trinajstić information content (AvgIpc) is 3.12. The molecule has 4 heterocycles. The summed E-state index contributed by atoms with van der Waals surface area (Å²) in [6.07, 6.45) is 6.74. The van der Waals surface area contributed by atoms with Crippen molar-refractivity contribution >= 4 is 12.0 Å². The monoisotopic (exact) mass is 403 g/mol. The lowest BCUT2D eigenvalue weighted by Gasteiger charge is -2.59. The normalized spacial score (nSPS) is 42.1. The van der Waals surface area contributed by atoms with Crippen LogP contribution in [0.25, 0.3) is 0 Å². The van der Waals surface area contributed by atoms with E-state index in [0.29, 0.717) is 49.5 Å². The lowest BCUT2D eigenvalue weighted by atomic mass is 9.67. The number of likely N-dealkylation sites (tertiary alicyclic amines) is 2. The second-order valence-corrected chi connectivity index (χ2v) is 10.2. The van der Waals surface area contributed by atoms with Gasteiger partial charge >= 0.3 is 6.09 Å². The molecule has 6 rings (SSSR count). The number of amides is 2. The summed E-state index contributed by atoms with van der Waals surface area (Å²) in [5.41, 5.74) is 0.283. The van der Waals surface area contributed by atoms with Gasteiger partial charge in [0.05, 0.1) is 31.9 Å². The van der Waals surface area contributed by atoms with Crippen LogP contribution in [0, 0.1) is 17.8 Å². The van der Waals surface area contributed by atoms with Gasteiger partial charge < -0.3 is 14.4 Å². The van der Waals surface area contributed by atoms with Gasteiger partial charge in [-0.3, -0.25) is 14.6 Å². The Morgan fingerprint density at radius 1 is 1.03 bits per heavy atom. The van der Waals surface area contributed by atoms with E-state index in [1.807, 2.05) is 11.8 Å². The quantitative estimate of drug-likeness (QED) is 0.718. The van der Waals surface area contributed by atoms with Crippen molar-refractivity contribution < 1.29 is 19.1 Å². The molecule has 4 saturated heterocycles. The van der Waals surface area contributed by atoms with Crippen molar-refractivity contribution in [3.63, 3.8) is 0 Å². The fourth-order valence-electron chi connectivity index (χ4n) is 7.07. The molecule has 6 aliphatic rings. The second kappa shape index (κ2) is 6.58. The largest absolute Gasteiger partial charge is 0.450 e. The number of fused-ring (bicyclic) bond motifs is 3. The van der Waals surface area contributed by atoms with E-state index in [1.54, 1.807) is 0 Å². The van der Waals surface area contributed by atoms with Gasteiger partial charge in [-0.1, -0.05) is 0 Å². The number of nitrogens with zero attached hydrogens (tertiary/aromatic N) is 3. The maximum atomic E-state index is 13.1. The van der Waals surface area contributed by atoms with Crippen LogP contribution in [0.2, 0.25) is 0 Å². The molecule has 4 aliphatic heterocycles. The van der Waals surface area contributed by atoms with Crippen molar-refractivity contribution in [3.8, 4) is 0 Å². The Labute approximate surface area is 172 Å². The number of hydrogen-bond acceptors (Lipinski definition) is 5. The Morgan fingerprint density at radius 3 is 2.24 bits per heavy atom. The highest BCUT2D eigenvalue weighted by Crippen LogP contribution is 2.57. The fourth-order valence-corrected chi connectivity index (χ4v) is 7.07. The molecule has 0 N–H and O–H groups in total. The maximum Gasteiger partial charge on any atom is 0.410 e. The van der Waals surface area contributed by atoms with Gasteiger partial charge in [0.15, 0.2) is 0 Å². The number of piperidine rings is 2. The van der Waals surface area contributed by atoms with Gasteiger partial charge in [0, 0.05) is 37.1 Å². The van der Waals surface area contributed by atoms with Crippen LogP contribution in [0.1, 0.15) is 45.4 Å². The molecule has 0 radical (unpaired) electrons. The third-order valence-corrected chi connectivity index (χ3v) is 8.92. The Kier molecular flexibility index (Phi) is 4.18. The Balaban J connectivity index is 1.06. The minimum absolute atomic E-state index is 0.125. The van der Waals surface area contributed by atoms with Crippen molar-refractivity contribution in [3.05, 3.63) is 0 Å². The third-order valence-electron chi connectivity index (χ3n) is 8.92. The lowest BCUT2D eigenvalue weighted by Crippen LogP contribution is -2.66. The molecule has 0 aromatic carbocycles.